The quantitative estimate of drug-likeness (QED) is 0.467. The lowest BCUT2D eigenvalue weighted by atomic mass is 10.1. The van der Waals surface area contributed by atoms with Gasteiger partial charge in [0.2, 0.25) is 0 Å². The first-order chi connectivity index (χ1) is 12.8. The molecule has 2 rings (SSSR count). The first-order valence-electron chi connectivity index (χ1n) is 9.70. The van der Waals surface area contributed by atoms with E-state index in [2.05, 4.69) is 50.5 Å². The Morgan fingerprint density at radius 3 is 1.81 bits per heavy atom. The fraction of sp³-hybridized carbons (Fsp3) is 0.455. The number of aryl methyl sites for hydroxylation is 1. The molecule has 5 heteroatoms. The van der Waals surface area contributed by atoms with Crippen LogP contribution in [-0.2, 0) is 16.6 Å². The van der Waals surface area contributed by atoms with Crippen molar-refractivity contribution in [2.45, 2.75) is 51.1 Å². The van der Waals surface area contributed by atoms with E-state index >= 15 is 0 Å². The molecule has 0 unspecified atom stereocenters. The van der Waals surface area contributed by atoms with Crippen molar-refractivity contribution in [1.29, 1.82) is 0 Å². The maximum absolute atomic E-state index is 6.81. The van der Waals surface area contributed by atoms with Crippen molar-refractivity contribution in [3.8, 4) is 11.5 Å². The molecule has 0 aliphatic rings. The molecule has 0 aromatic heterocycles. The summed E-state index contributed by atoms with van der Waals surface area (Å²) >= 11 is 0. The van der Waals surface area contributed by atoms with Crippen LogP contribution in [0.1, 0.15) is 17.5 Å². The summed E-state index contributed by atoms with van der Waals surface area (Å²) in [5.74, 6) is 1.96. The van der Waals surface area contributed by atoms with Crippen molar-refractivity contribution in [2.75, 3.05) is 14.2 Å². The van der Waals surface area contributed by atoms with Gasteiger partial charge < -0.3 is 13.6 Å². The maximum Gasteiger partial charge on any atom is 0.177 e. The number of para-hydroxylation sites is 2. The molecule has 0 saturated heterocycles. The molecule has 0 heterocycles. The minimum atomic E-state index is -1.82. The van der Waals surface area contributed by atoms with Gasteiger partial charge in [-0.25, -0.2) is 0 Å². The number of hydrogen-bond donors (Lipinski definition) is 0. The highest BCUT2D eigenvalue weighted by Crippen LogP contribution is 2.28. The smallest absolute Gasteiger partial charge is 0.177 e. The fourth-order valence-electron chi connectivity index (χ4n) is 3.76. The lowest BCUT2D eigenvalue weighted by Gasteiger charge is -2.34. The molecule has 0 atom stereocenters. The summed E-state index contributed by atoms with van der Waals surface area (Å²) in [6, 6.07) is 18.8. The Morgan fingerprint density at radius 2 is 1.22 bits per heavy atom. The minimum absolute atomic E-state index is 0.970. The largest absolute Gasteiger partial charge is 0.496 e. The second kappa shape index (κ2) is 9.58. The lowest BCUT2D eigenvalue weighted by molar-refractivity contribution is 0.409. The van der Waals surface area contributed by atoms with Crippen molar-refractivity contribution in [3.63, 3.8) is 0 Å². The van der Waals surface area contributed by atoms with E-state index < -0.39 is 16.6 Å². The summed E-state index contributed by atoms with van der Waals surface area (Å²) in [6.45, 7) is 9.36. The number of rotatable bonds is 10. The second-order valence-corrected chi connectivity index (χ2v) is 17.0. The van der Waals surface area contributed by atoms with E-state index in [0.717, 1.165) is 36.4 Å². The third kappa shape index (κ3) is 6.83. The summed E-state index contributed by atoms with van der Waals surface area (Å²) in [5.41, 5.74) is 2.55. The van der Waals surface area contributed by atoms with Gasteiger partial charge >= 0.3 is 0 Å². The van der Waals surface area contributed by atoms with Crippen LogP contribution in [0.5, 0.6) is 11.5 Å². The Labute approximate surface area is 166 Å². The van der Waals surface area contributed by atoms with Gasteiger partial charge in [-0.1, -0.05) is 36.4 Å². The molecule has 0 N–H and O–H groups in total. The van der Waals surface area contributed by atoms with Crippen LogP contribution < -0.4 is 9.47 Å². The zero-order valence-corrected chi connectivity index (χ0v) is 19.7. The molecule has 2 aromatic carbocycles. The van der Waals surface area contributed by atoms with Crippen molar-refractivity contribution < 1.29 is 13.6 Å². The Bertz CT molecular complexity index is 729. The highest BCUT2D eigenvalue weighted by atomic mass is 28.4. The molecule has 0 amide bonds. The van der Waals surface area contributed by atoms with Crippen LogP contribution in [0, 0.1) is 0 Å². The number of benzene rings is 2. The minimum Gasteiger partial charge on any atom is -0.496 e. The molecular formula is C22H34O3Si2. The first kappa shape index (κ1) is 21.7. The highest BCUT2D eigenvalue weighted by molar-refractivity contribution is 6.84. The van der Waals surface area contributed by atoms with Gasteiger partial charge in [0.1, 0.15) is 11.5 Å². The molecule has 0 saturated carbocycles. The van der Waals surface area contributed by atoms with Crippen LogP contribution in [0.3, 0.4) is 0 Å². The summed E-state index contributed by atoms with van der Waals surface area (Å²) < 4.78 is 17.8. The standard InChI is InChI=1S/C22H34O3Si2/c1-23-21-15-9-7-12-19(21)14-11-17-26(3,4)25-27(5,6)18-20-13-8-10-16-22(20)24-2/h7-10,12-13,15-16H,11,14,17-18H2,1-6H3. The van der Waals surface area contributed by atoms with Crippen LogP contribution in [0.25, 0.3) is 0 Å². The van der Waals surface area contributed by atoms with Gasteiger partial charge in [0.15, 0.2) is 16.6 Å². The van der Waals surface area contributed by atoms with Gasteiger partial charge in [0.05, 0.1) is 14.2 Å². The third-order valence-corrected chi connectivity index (χ3v) is 12.0. The van der Waals surface area contributed by atoms with E-state index in [0.29, 0.717) is 0 Å². The molecule has 27 heavy (non-hydrogen) atoms. The van der Waals surface area contributed by atoms with Crippen molar-refractivity contribution in [2.24, 2.45) is 0 Å². The van der Waals surface area contributed by atoms with E-state index in [1.165, 1.54) is 11.1 Å². The van der Waals surface area contributed by atoms with E-state index in [9.17, 15) is 0 Å². The second-order valence-electron chi connectivity index (χ2n) is 8.28. The Hall–Kier alpha value is -1.57. The Kier molecular flexibility index (Phi) is 7.71. The van der Waals surface area contributed by atoms with Crippen molar-refractivity contribution in [3.05, 3.63) is 59.7 Å². The molecule has 0 bridgehead atoms. The highest BCUT2D eigenvalue weighted by Gasteiger charge is 2.33. The van der Waals surface area contributed by atoms with Gasteiger partial charge in [0.25, 0.3) is 0 Å². The van der Waals surface area contributed by atoms with E-state index in [1.54, 1.807) is 14.2 Å². The van der Waals surface area contributed by atoms with Gasteiger partial charge in [-0.3, -0.25) is 0 Å². The molecule has 0 spiro atoms. The summed E-state index contributed by atoms with van der Waals surface area (Å²) in [7, 11) is -0.0552. The molecule has 0 radical (unpaired) electrons. The maximum atomic E-state index is 6.81. The predicted molar refractivity (Wildman–Crippen MR) is 119 cm³/mol. The molecule has 3 nitrogen and oxygen atoms in total. The number of methoxy groups -OCH3 is 2. The van der Waals surface area contributed by atoms with Crippen LogP contribution in [-0.4, -0.2) is 30.9 Å². The third-order valence-electron chi connectivity index (χ3n) is 4.78. The van der Waals surface area contributed by atoms with Crippen LogP contribution in [0.2, 0.25) is 32.2 Å². The number of ether oxygens (including phenoxy) is 2. The summed E-state index contributed by atoms with van der Waals surface area (Å²) in [4.78, 5) is 0. The average Bonchev–Trinajstić information content (AvgIpc) is 2.61. The molecular weight excluding hydrogens is 368 g/mol. The molecule has 0 aliphatic carbocycles. The van der Waals surface area contributed by atoms with Crippen molar-refractivity contribution >= 4 is 16.6 Å². The van der Waals surface area contributed by atoms with Gasteiger partial charge in [-0.15, -0.1) is 0 Å². The van der Waals surface area contributed by atoms with Crippen molar-refractivity contribution in [1.82, 2.24) is 0 Å². The normalized spacial score (nSPS) is 12.1. The fourth-order valence-corrected chi connectivity index (χ4v) is 12.7. The van der Waals surface area contributed by atoms with Crippen LogP contribution in [0.15, 0.2) is 48.5 Å². The monoisotopic (exact) mass is 402 g/mol. The predicted octanol–water partition coefficient (Wildman–Crippen LogP) is 5.85. The molecule has 2 aromatic rings. The van der Waals surface area contributed by atoms with E-state index in [-0.39, 0.29) is 0 Å². The Morgan fingerprint density at radius 1 is 0.704 bits per heavy atom. The van der Waals surface area contributed by atoms with E-state index in [4.69, 9.17) is 13.6 Å². The van der Waals surface area contributed by atoms with Crippen LogP contribution in [0.4, 0.5) is 0 Å². The van der Waals surface area contributed by atoms with Crippen LogP contribution >= 0.6 is 0 Å². The Balaban J connectivity index is 1.93. The van der Waals surface area contributed by atoms with Gasteiger partial charge in [0, 0.05) is 0 Å². The summed E-state index contributed by atoms with van der Waals surface area (Å²) in [5, 5.41) is 0. The summed E-state index contributed by atoms with van der Waals surface area (Å²) in [6.07, 6.45) is 2.18. The first-order valence-corrected chi connectivity index (χ1v) is 15.9. The topological polar surface area (TPSA) is 27.7 Å². The SMILES string of the molecule is COc1ccccc1CCC[Si](C)(C)O[Si](C)(C)Cc1ccccc1OC. The molecule has 0 fully saturated rings. The molecule has 0 aliphatic heterocycles. The zero-order valence-electron chi connectivity index (χ0n) is 17.7. The van der Waals surface area contributed by atoms with Gasteiger partial charge in [-0.2, -0.15) is 0 Å². The zero-order chi connectivity index (χ0) is 19.9. The average molecular weight is 403 g/mol. The van der Waals surface area contributed by atoms with E-state index in [1.807, 2.05) is 24.3 Å². The lowest BCUT2D eigenvalue weighted by Crippen LogP contribution is -2.46. The molecule has 148 valence electrons. The number of hydrogen-bond acceptors (Lipinski definition) is 3. The van der Waals surface area contributed by atoms with Gasteiger partial charge in [-0.05, 0) is 74.4 Å².